The SMILES string of the molecule is CC(=O)N1CC(Nc2ccc(F)c(C(=O)Nc3cccnc3)c2)=CC1=O. The molecule has 0 radical (unpaired) electrons. The molecule has 7 nitrogen and oxygen atoms in total. The van der Waals surface area contributed by atoms with Gasteiger partial charge in [-0.1, -0.05) is 0 Å². The number of carbonyl (C=O) groups is 3. The van der Waals surface area contributed by atoms with E-state index in [1.165, 1.54) is 31.3 Å². The molecule has 0 aliphatic carbocycles. The average molecular weight is 354 g/mol. The van der Waals surface area contributed by atoms with E-state index in [1.54, 1.807) is 18.3 Å². The van der Waals surface area contributed by atoms with Gasteiger partial charge in [-0.05, 0) is 30.3 Å². The Kier molecular flexibility index (Phi) is 4.74. The van der Waals surface area contributed by atoms with Crippen LogP contribution in [0.3, 0.4) is 0 Å². The molecule has 0 bridgehead atoms. The van der Waals surface area contributed by atoms with Gasteiger partial charge in [0.25, 0.3) is 11.8 Å². The Labute approximate surface area is 148 Å². The van der Waals surface area contributed by atoms with Crippen molar-refractivity contribution < 1.29 is 18.8 Å². The highest BCUT2D eigenvalue weighted by molar-refractivity contribution is 6.05. The van der Waals surface area contributed by atoms with Crippen LogP contribution in [0.15, 0.2) is 54.5 Å². The molecule has 1 aromatic carbocycles. The van der Waals surface area contributed by atoms with Gasteiger partial charge < -0.3 is 10.6 Å². The van der Waals surface area contributed by atoms with Crippen LogP contribution in [0.2, 0.25) is 0 Å². The Hall–Kier alpha value is -3.55. The summed E-state index contributed by atoms with van der Waals surface area (Å²) >= 11 is 0. The van der Waals surface area contributed by atoms with Crippen LogP contribution in [0, 0.1) is 5.82 Å². The summed E-state index contributed by atoms with van der Waals surface area (Å²) in [5, 5.41) is 5.49. The lowest BCUT2D eigenvalue weighted by Crippen LogP contribution is -2.31. The summed E-state index contributed by atoms with van der Waals surface area (Å²) in [7, 11) is 0. The third kappa shape index (κ3) is 3.75. The monoisotopic (exact) mass is 354 g/mol. The molecule has 0 spiro atoms. The number of carbonyl (C=O) groups excluding carboxylic acids is 3. The highest BCUT2D eigenvalue weighted by atomic mass is 19.1. The maximum Gasteiger partial charge on any atom is 0.258 e. The zero-order valence-corrected chi connectivity index (χ0v) is 13.8. The summed E-state index contributed by atoms with van der Waals surface area (Å²) in [4.78, 5) is 40.3. The number of nitrogens with one attached hydrogen (secondary N) is 2. The van der Waals surface area contributed by atoms with Crippen molar-refractivity contribution in [2.75, 3.05) is 17.2 Å². The van der Waals surface area contributed by atoms with Gasteiger partial charge in [-0.2, -0.15) is 0 Å². The number of pyridine rings is 1. The summed E-state index contributed by atoms with van der Waals surface area (Å²) < 4.78 is 14.0. The minimum Gasteiger partial charge on any atom is -0.357 e. The molecule has 0 fully saturated rings. The van der Waals surface area contributed by atoms with E-state index < -0.39 is 17.6 Å². The number of amides is 3. The minimum absolute atomic E-state index is 0.1000. The molecule has 132 valence electrons. The van der Waals surface area contributed by atoms with Crippen LogP contribution in [-0.2, 0) is 9.59 Å². The first-order valence-corrected chi connectivity index (χ1v) is 7.74. The van der Waals surface area contributed by atoms with Crippen molar-refractivity contribution in [2.24, 2.45) is 0 Å². The molecule has 3 amide bonds. The van der Waals surface area contributed by atoms with Gasteiger partial charge in [0, 0.05) is 30.6 Å². The predicted octanol–water partition coefficient (Wildman–Crippen LogP) is 2.16. The Morgan fingerprint density at radius 2 is 2.04 bits per heavy atom. The van der Waals surface area contributed by atoms with E-state index >= 15 is 0 Å². The fourth-order valence-electron chi connectivity index (χ4n) is 2.46. The van der Waals surface area contributed by atoms with E-state index in [2.05, 4.69) is 15.6 Å². The summed E-state index contributed by atoms with van der Waals surface area (Å²) in [6, 6.07) is 7.21. The van der Waals surface area contributed by atoms with Gasteiger partial charge in [-0.25, -0.2) is 4.39 Å². The second-order valence-electron chi connectivity index (χ2n) is 5.63. The van der Waals surface area contributed by atoms with Crippen LogP contribution in [0.5, 0.6) is 0 Å². The van der Waals surface area contributed by atoms with E-state index in [0.717, 1.165) is 11.0 Å². The molecule has 0 unspecified atom stereocenters. The topological polar surface area (TPSA) is 91.4 Å². The van der Waals surface area contributed by atoms with Crippen molar-refractivity contribution in [3.63, 3.8) is 0 Å². The number of halogens is 1. The average Bonchev–Trinajstić information content (AvgIpc) is 2.98. The molecule has 2 N–H and O–H groups in total. The fraction of sp³-hybridized carbons (Fsp3) is 0.111. The van der Waals surface area contributed by atoms with Gasteiger partial charge in [0.2, 0.25) is 5.91 Å². The molecule has 1 aliphatic rings. The maximum absolute atomic E-state index is 14.0. The maximum atomic E-state index is 14.0. The highest BCUT2D eigenvalue weighted by Gasteiger charge is 2.25. The zero-order chi connectivity index (χ0) is 18.7. The van der Waals surface area contributed by atoms with E-state index in [0.29, 0.717) is 17.1 Å². The number of hydrogen-bond donors (Lipinski definition) is 2. The summed E-state index contributed by atoms with van der Waals surface area (Å²) in [6.45, 7) is 1.40. The van der Waals surface area contributed by atoms with Gasteiger partial charge in [0.1, 0.15) is 5.82 Å². The standard InChI is InChI=1S/C18H15FN4O3/c1-11(24)23-10-14(8-17(23)25)21-12-4-5-16(19)15(7-12)18(26)22-13-3-2-6-20-9-13/h2-9,21H,10H2,1H3,(H,22,26). The molecule has 2 heterocycles. The summed E-state index contributed by atoms with van der Waals surface area (Å²) in [5.74, 6) is -2.09. The number of nitrogens with zero attached hydrogens (tertiary/aromatic N) is 2. The van der Waals surface area contributed by atoms with E-state index in [-0.39, 0.29) is 18.0 Å². The Morgan fingerprint density at radius 1 is 1.23 bits per heavy atom. The lowest BCUT2D eigenvalue weighted by atomic mass is 10.1. The first-order valence-electron chi connectivity index (χ1n) is 7.74. The Balaban J connectivity index is 1.76. The van der Waals surface area contributed by atoms with E-state index in [1.807, 2.05) is 0 Å². The quantitative estimate of drug-likeness (QED) is 0.878. The van der Waals surface area contributed by atoms with E-state index in [9.17, 15) is 18.8 Å². The third-order valence-electron chi connectivity index (χ3n) is 3.71. The molecular formula is C18H15FN4O3. The van der Waals surface area contributed by atoms with Crippen LogP contribution in [-0.4, -0.2) is 34.2 Å². The Morgan fingerprint density at radius 3 is 2.69 bits per heavy atom. The van der Waals surface area contributed by atoms with Crippen molar-refractivity contribution in [3.05, 3.63) is 65.9 Å². The van der Waals surface area contributed by atoms with Crippen molar-refractivity contribution in [2.45, 2.75) is 6.92 Å². The summed E-state index contributed by atoms with van der Waals surface area (Å²) in [6.07, 6.45) is 4.30. The molecule has 26 heavy (non-hydrogen) atoms. The zero-order valence-electron chi connectivity index (χ0n) is 13.8. The van der Waals surface area contributed by atoms with Gasteiger partial charge in [-0.3, -0.25) is 24.3 Å². The number of imide groups is 1. The molecule has 1 aliphatic heterocycles. The normalized spacial score (nSPS) is 13.4. The van der Waals surface area contributed by atoms with Crippen LogP contribution in [0.4, 0.5) is 15.8 Å². The van der Waals surface area contributed by atoms with Gasteiger partial charge in [0.15, 0.2) is 0 Å². The Bertz CT molecular complexity index is 912. The van der Waals surface area contributed by atoms with Crippen molar-refractivity contribution in [1.29, 1.82) is 0 Å². The molecule has 1 aromatic heterocycles. The number of aromatic nitrogens is 1. The summed E-state index contributed by atoms with van der Waals surface area (Å²) in [5.41, 5.74) is 1.19. The van der Waals surface area contributed by atoms with Crippen LogP contribution >= 0.6 is 0 Å². The fourth-order valence-corrected chi connectivity index (χ4v) is 2.46. The lowest BCUT2D eigenvalue weighted by molar-refractivity contribution is -0.138. The first-order chi connectivity index (χ1) is 12.4. The lowest BCUT2D eigenvalue weighted by Gasteiger charge is -2.13. The number of hydrogen-bond acceptors (Lipinski definition) is 5. The molecule has 0 saturated carbocycles. The minimum atomic E-state index is -0.682. The molecule has 2 aromatic rings. The van der Waals surface area contributed by atoms with Gasteiger partial charge in [0.05, 0.1) is 24.0 Å². The van der Waals surface area contributed by atoms with Gasteiger partial charge in [-0.15, -0.1) is 0 Å². The number of anilines is 2. The molecular weight excluding hydrogens is 339 g/mol. The third-order valence-corrected chi connectivity index (χ3v) is 3.71. The number of benzene rings is 1. The second kappa shape index (κ2) is 7.14. The van der Waals surface area contributed by atoms with Gasteiger partial charge >= 0.3 is 0 Å². The molecule has 3 rings (SSSR count). The smallest absolute Gasteiger partial charge is 0.258 e. The molecule has 0 saturated heterocycles. The van der Waals surface area contributed by atoms with Crippen molar-refractivity contribution in [3.8, 4) is 0 Å². The highest BCUT2D eigenvalue weighted by Crippen LogP contribution is 2.20. The van der Waals surface area contributed by atoms with E-state index in [4.69, 9.17) is 0 Å². The van der Waals surface area contributed by atoms with Crippen LogP contribution in [0.25, 0.3) is 0 Å². The van der Waals surface area contributed by atoms with Crippen LogP contribution in [0.1, 0.15) is 17.3 Å². The molecule has 8 heteroatoms. The number of rotatable bonds is 4. The predicted molar refractivity (Wildman–Crippen MR) is 92.7 cm³/mol. The van der Waals surface area contributed by atoms with Crippen molar-refractivity contribution >= 4 is 29.1 Å². The first kappa shape index (κ1) is 17.3. The van der Waals surface area contributed by atoms with Crippen LogP contribution < -0.4 is 10.6 Å². The van der Waals surface area contributed by atoms with Crippen molar-refractivity contribution in [1.82, 2.24) is 9.88 Å². The second-order valence-corrected chi connectivity index (χ2v) is 5.63. The largest absolute Gasteiger partial charge is 0.357 e. The molecule has 0 atom stereocenters.